The molecule has 1 aliphatic heterocycles. The Morgan fingerprint density at radius 3 is 2.50 bits per heavy atom. The van der Waals surface area contributed by atoms with E-state index in [0.717, 1.165) is 11.1 Å². The summed E-state index contributed by atoms with van der Waals surface area (Å²) >= 11 is 0. The molecule has 0 spiro atoms. The van der Waals surface area contributed by atoms with Gasteiger partial charge < -0.3 is 4.74 Å². The van der Waals surface area contributed by atoms with E-state index in [1.807, 2.05) is 0 Å². The number of urea groups is 1. The van der Waals surface area contributed by atoms with Crippen LogP contribution in [0.2, 0.25) is 0 Å². The van der Waals surface area contributed by atoms with Crippen LogP contribution < -0.4 is 10.2 Å². The number of nitrogens with one attached hydrogen (secondary N) is 1. The van der Waals surface area contributed by atoms with E-state index >= 15 is 0 Å². The number of aliphatic imine (C=N–C) groups is 1. The molecule has 1 aliphatic rings. The Labute approximate surface area is 160 Å². The maximum atomic E-state index is 12.9. The standard InChI is InChI=1S/C20H17N3O5/c1-12-7-3-6-10-16(12)23-18(25)14(17(24)22-20(23)27)11-21-15-9-5-4-8-13(15)19(26)28-2/h3-11,14H,1-2H3,(H,22,24,27)/t14-/m0/s1. The quantitative estimate of drug-likeness (QED) is 0.499. The number of barbiturate groups is 1. The van der Waals surface area contributed by atoms with Crippen molar-refractivity contribution in [1.29, 1.82) is 0 Å². The van der Waals surface area contributed by atoms with Crippen LogP contribution in [-0.4, -0.2) is 37.1 Å². The smallest absolute Gasteiger partial charge is 0.340 e. The van der Waals surface area contributed by atoms with Crippen molar-refractivity contribution in [3.8, 4) is 0 Å². The number of anilines is 1. The molecule has 8 heteroatoms. The van der Waals surface area contributed by atoms with Gasteiger partial charge in [0.15, 0.2) is 5.92 Å². The summed E-state index contributed by atoms with van der Waals surface area (Å²) in [5.74, 6) is -3.41. The Balaban J connectivity index is 1.94. The number of para-hydroxylation sites is 2. The first-order valence-electron chi connectivity index (χ1n) is 8.40. The van der Waals surface area contributed by atoms with Crippen LogP contribution in [0, 0.1) is 12.8 Å². The molecule has 0 unspecified atom stereocenters. The normalized spacial score (nSPS) is 17.0. The SMILES string of the molecule is COC(=O)c1ccccc1N=C[C@H]1C(=O)NC(=O)N(c2ccccc2C)C1=O. The van der Waals surface area contributed by atoms with Gasteiger partial charge in [0, 0.05) is 6.21 Å². The molecule has 0 bridgehead atoms. The number of amides is 4. The Morgan fingerprint density at radius 2 is 1.79 bits per heavy atom. The predicted octanol–water partition coefficient (Wildman–Crippen LogP) is 2.38. The highest BCUT2D eigenvalue weighted by Gasteiger charge is 2.40. The lowest BCUT2D eigenvalue weighted by molar-refractivity contribution is -0.131. The van der Waals surface area contributed by atoms with Crippen LogP contribution in [0.1, 0.15) is 15.9 Å². The molecule has 1 fully saturated rings. The first-order chi connectivity index (χ1) is 13.4. The Morgan fingerprint density at radius 1 is 1.11 bits per heavy atom. The molecule has 2 aromatic rings. The van der Waals surface area contributed by atoms with E-state index in [4.69, 9.17) is 4.74 Å². The minimum absolute atomic E-state index is 0.191. The zero-order valence-electron chi connectivity index (χ0n) is 15.2. The molecule has 0 aliphatic carbocycles. The van der Waals surface area contributed by atoms with Crippen LogP contribution >= 0.6 is 0 Å². The highest BCUT2D eigenvalue weighted by molar-refractivity contribution is 6.32. The molecule has 0 aromatic heterocycles. The van der Waals surface area contributed by atoms with Crippen LogP contribution in [0.15, 0.2) is 53.5 Å². The number of rotatable bonds is 4. The molecule has 2 aromatic carbocycles. The van der Waals surface area contributed by atoms with Crippen LogP contribution in [0.25, 0.3) is 0 Å². The molecule has 3 rings (SSSR count). The molecule has 1 heterocycles. The molecule has 1 atom stereocenters. The Hall–Kier alpha value is -3.81. The van der Waals surface area contributed by atoms with Gasteiger partial charge in [-0.3, -0.25) is 19.9 Å². The maximum absolute atomic E-state index is 12.9. The zero-order valence-corrected chi connectivity index (χ0v) is 15.2. The highest BCUT2D eigenvalue weighted by Crippen LogP contribution is 2.25. The van der Waals surface area contributed by atoms with Crippen molar-refractivity contribution in [3.05, 3.63) is 59.7 Å². The summed E-state index contributed by atoms with van der Waals surface area (Å²) in [7, 11) is 1.24. The van der Waals surface area contributed by atoms with Gasteiger partial charge >= 0.3 is 12.0 Å². The summed E-state index contributed by atoms with van der Waals surface area (Å²) in [5, 5.41) is 2.16. The number of benzene rings is 2. The van der Waals surface area contributed by atoms with Crippen molar-refractivity contribution >= 4 is 41.4 Å². The lowest BCUT2D eigenvalue weighted by atomic mass is 10.0. The van der Waals surface area contributed by atoms with Crippen LogP contribution in [0.4, 0.5) is 16.2 Å². The number of esters is 1. The fraction of sp³-hybridized carbons (Fsp3) is 0.150. The van der Waals surface area contributed by atoms with E-state index in [-0.39, 0.29) is 11.3 Å². The summed E-state index contributed by atoms with van der Waals surface area (Å²) < 4.78 is 4.70. The molecule has 0 radical (unpaired) electrons. The van der Waals surface area contributed by atoms with Crippen LogP contribution in [-0.2, 0) is 14.3 Å². The van der Waals surface area contributed by atoms with Gasteiger partial charge in [-0.1, -0.05) is 30.3 Å². The zero-order chi connectivity index (χ0) is 20.3. The van der Waals surface area contributed by atoms with Crippen molar-refractivity contribution in [2.24, 2.45) is 10.9 Å². The largest absolute Gasteiger partial charge is 0.465 e. The second-order valence-electron chi connectivity index (χ2n) is 6.02. The van der Waals surface area contributed by atoms with Gasteiger partial charge in [0.25, 0.3) is 5.91 Å². The third-order valence-electron chi connectivity index (χ3n) is 4.23. The lowest BCUT2D eigenvalue weighted by Gasteiger charge is -2.29. The fourth-order valence-electron chi connectivity index (χ4n) is 2.79. The average Bonchev–Trinajstić information content (AvgIpc) is 2.68. The first kappa shape index (κ1) is 19.0. The summed E-state index contributed by atoms with van der Waals surface area (Å²) in [5.41, 5.74) is 1.52. The van der Waals surface area contributed by atoms with Crippen molar-refractivity contribution < 1.29 is 23.9 Å². The molecule has 8 nitrogen and oxygen atoms in total. The van der Waals surface area contributed by atoms with E-state index in [1.54, 1.807) is 49.4 Å². The number of nitrogens with zero attached hydrogens (tertiary/aromatic N) is 2. The average molecular weight is 379 g/mol. The summed E-state index contributed by atoms with van der Waals surface area (Å²) in [6.45, 7) is 1.75. The van der Waals surface area contributed by atoms with E-state index in [0.29, 0.717) is 11.3 Å². The van der Waals surface area contributed by atoms with Crippen molar-refractivity contribution in [2.45, 2.75) is 6.92 Å². The van der Waals surface area contributed by atoms with E-state index in [2.05, 4.69) is 10.3 Å². The minimum atomic E-state index is -1.32. The third-order valence-corrected chi connectivity index (χ3v) is 4.23. The molecule has 4 amide bonds. The summed E-state index contributed by atoms with van der Waals surface area (Å²) in [6.07, 6.45) is 1.12. The van der Waals surface area contributed by atoms with Crippen LogP contribution in [0.3, 0.4) is 0 Å². The number of carbonyl (C=O) groups is 4. The molecule has 142 valence electrons. The van der Waals surface area contributed by atoms with Crippen LogP contribution in [0.5, 0.6) is 0 Å². The van der Waals surface area contributed by atoms with Gasteiger partial charge in [-0.05, 0) is 30.7 Å². The number of imide groups is 2. The van der Waals surface area contributed by atoms with Gasteiger partial charge in [-0.2, -0.15) is 0 Å². The highest BCUT2D eigenvalue weighted by atomic mass is 16.5. The number of hydrogen-bond acceptors (Lipinski definition) is 6. The second kappa shape index (κ2) is 7.83. The Bertz CT molecular complexity index is 999. The fourth-order valence-corrected chi connectivity index (χ4v) is 2.79. The van der Waals surface area contributed by atoms with Gasteiger partial charge in [-0.15, -0.1) is 0 Å². The van der Waals surface area contributed by atoms with Gasteiger partial charge in [0.2, 0.25) is 5.91 Å². The van der Waals surface area contributed by atoms with Crippen molar-refractivity contribution in [2.75, 3.05) is 12.0 Å². The van der Waals surface area contributed by atoms with Crippen molar-refractivity contribution in [1.82, 2.24) is 5.32 Å². The molecule has 28 heavy (non-hydrogen) atoms. The van der Waals surface area contributed by atoms with E-state index in [1.165, 1.54) is 13.2 Å². The van der Waals surface area contributed by atoms with E-state index in [9.17, 15) is 19.2 Å². The number of hydrogen-bond donors (Lipinski definition) is 1. The molecular formula is C20H17N3O5. The van der Waals surface area contributed by atoms with E-state index < -0.39 is 29.7 Å². The molecule has 0 saturated carbocycles. The topological polar surface area (TPSA) is 105 Å². The number of ether oxygens (including phenoxy) is 1. The van der Waals surface area contributed by atoms with Gasteiger partial charge in [-0.25, -0.2) is 14.5 Å². The van der Waals surface area contributed by atoms with Crippen molar-refractivity contribution in [3.63, 3.8) is 0 Å². The summed E-state index contributed by atoms with van der Waals surface area (Å²) in [6, 6.07) is 12.4. The molecule has 1 N–H and O–H groups in total. The molecule has 1 saturated heterocycles. The molecular weight excluding hydrogens is 362 g/mol. The number of methoxy groups -OCH3 is 1. The Kier molecular flexibility index (Phi) is 5.30. The van der Waals surface area contributed by atoms with Gasteiger partial charge in [0.1, 0.15) is 0 Å². The number of carbonyl (C=O) groups excluding carboxylic acids is 4. The first-order valence-corrected chi connectivity index (χ1v) is 8.40. The summed E-state index contributed by atoms with van der Waals surface area (Å²) in [4.78, 5) is 54.2. The van der Waals surface area contributed by atoms with Gasteiger partial charge in [0.05, 0.1) is 24.0 Å². The predicted molar refractivity (Wildman–Crippen MR) is 102 cm³/mol. The second-order valence-corrected chi connectivity index (χ2v) is 6.02. The minimum Gasteiger partial charge on any atom is -0.465 e. The third kappa shape index (κ3) is 3.52. The maximum Gasteiger partial charge on any atom is 0.340 e. The number of aryl methyl sites for hydroxylation is 1. The monoisotopic (exact) mass is 379 g/mol. The lowest BCUT2D eigenvalue weighted by Crippen LogP contribution is -2.58.